The van der Waals surface area contributed by atoms with Crippen LogP contribution >= 0.6 is 0 Å². The van der Waals surface area contributed by atoms with E-state index in [-0.39, 0.29) is 24.1 Å². The molecule has 8 heteroatoms. The first-order valence-corrected chi connectivity index (χ1v) is 6.44. The summed E-state index contributed by atoms with van der Waals surface area (Å²) in [6.07, 6.45) is 3.12. The number of aromatic nitrogens is 4. The van der Waals surface area contributed by atoms with Gasteiger partial charge in [0, 0.05) is 32.4 Å². The van der Waals surface area contributed by atoms with Gasteiger partial charge in [0.25, 0.3) is 5.56 Å². The largest absolute Gasteiger partial charge is 0.343 e. The van der Waals surface area contributed by atoms with Crippen molar-refractivity contribution in [3.05, 3.63) is 45.6 Å². The Morgan fingerprint density at radius 3 is 2.76 bits per heavy atom. The van der Waals surface area contributed by atoms with Crippen LogP contribution < -0.4 is 11.2 Å². The van der Waals surface area contributed by atoms with Crippen LogP contribution in [0.1, 0.15) is 13.3 Å². The molecule has 2 aromatic heterocycles. The van der Waals surface area contributed by atoms with Crippen molar-refractivity contribution in [1.82, 2.24) is 19.1 Å². The summed E-state index contributed by atoms with van der Waals surface area (Å²) in [4.78, 5) is 42.1. The molecule has 0 bridgehead atoms. The summed E-state index contributed by atoms with van der Waals surface area (Å²) < 4.78 is 2.37. The first kappa shape index (κ1) is 14.9. The molecule has 0 atom stereocenters. The second-order valence-corrected chi connectivity index (χ2v) is 4.31. The maximum atomic E-state index is 12.3. The van der Waals surface area contributed by atoms with Gasteiger partial charge in [-0.05, 0) is 6.92 Å². The SMILES string of the molecule is C=C(CCn1c(=O)c2nccnc2n(C)c1=O)OOCC. The molecule has 0 N–H and O–H groups in total. The Labute approximate surface area is 120 Å². The minimum absolute atomic E-state index is 0.129. The highest BCUT2D eigenvalue weighted by atomic mass is 17.2. The third-order valence-electron chi connectivity index (χ3n) is 2.87. The minimum atomic E-state index is -0.481. The highest BCUT2D eigenvalue weighted by Crippen LogP contribution is 2.03. The van der Waals surface area contributed by atoms with Gasteiger partial charge in [-0.15, -0.1) is 0 Å². The van der Waals surface area contributed by atoms with Crippen molar-refractivity contribution in [2.24, 2.45) is 7.05 Å². The number of fused-ring (bicyclic) bond motifs is 1. The number of nitrogens with zero attached hydrogens (tertiary/aromatic N) is 4. The van der Waals surface area contributed by atoms with Crippen molar-refractivity contribution in [2.45, 2.75) is 19.9 Å². The minimum Gasteiger partial charge on any atom is -0.343 e. The van der Waals surface area contributed by atoms with Crippen molar-refractivity contribution < 1.29 is 9.78 Å². The monoisotopic (exact) mass is 292 g/mol. The Morgan fingerprint density at radius 1 is 1.33 bits per heavy atom. The zero-order valence-corrected chi connectivity index (χ0v) is 11.9. The van der Waals surface area contributed by atoms with E-state index >= 15 is 0 Å². The average Bonchev–Trinajstić information content (AvgIpc) is 2.50. The number of rotatable bonds is 6. The molecule has 0 saturated heterocycles. The van der Waals surface area contributed by atoms with Gasteiger partial charge in [-0.25, -0.2) is 14.8 Å². The number of allylic oxidation sites excluding steroid dienone is 1. The first-order chi connectivity index (χ1) is 10.1. The van der Waals surface area contributed by atoms with Crippen LogP contribution in [0.4, 0.5) is 0 Å². The van der Waals surface area contributed by atoms with Crippen LogP contribution in [0.3, 0.4) is 0 Å². The highest BCUT2D eigenvalue weighted by Gasteiger charge is 2.13. The van der Waals surface area contributed by atoms with Crippen LogP contribution in [0.2, 0.25) is 0 Å². The van der Waals surface area contributed by atoms with E-state index in [2.05, 4.69) is 16.5 Å². The smallest absolute Gasteiger partial charge is 0.332 e. The fourth-order valence-corrected chi connectivity index (χ4v) is 1.83. The van der Waals surface area contributed by atoms with Crippen molar-refractivity contribution >= 4 is 11.2 Å². The third kappa shape index (κ3) is 3.00. The lowest BCUT2D eigenvalue weighted by atomic mass is 10.3. The summed E-state index contributed by atoms with van der Waals surface area (Å²) in [5, 5.41) is 0. The zero-order valence-electron chi connectivity index (χ0n) is 11.9. The summed E-state index contributed by atoms with van der Waals surface area (Å²) in [6, 6.07) is 0. The molecule has 2 aromatic rings. The van der Waals surface area contributed by atoms with Gasteiger partial charge < -0.3 is 4.89 Å². The molecule has 112 valence electrons. The molecule has 0 spiro atoms. The van der Waals surface area contributed by atoms with Crippen LogP contribution in [0.15, 0.2) is 34.3 Å². The van der Waals surface area contributed by atoms with Crippen LogP contribution in [0.5, 0.6) is 0 Å². The van der Waals surface area contributed by atoms with E-state index in [1.165, 1.54) is 17.0 Å². The Kier molecular flexibility index (Phi) is 4.49. The summed E-state index contributed by atoms with van der Waals surface area (Å²) in [5.74, 6) is 0.338. The molecule has 0 unspecified atom stereocenters. The summed E-state index contributed by atoms with van der Waals surface area (Å²) in [7, 11) is 1.54. The maximum Gasteiger partial charge on any atom is 0.332 e. The fourth-order valence-electron chi connectivity index (χ4n) is 1.83. The second-order valence-electron chi connectivity index (χ2n) is 4.31. The quantitative estimate of drug-likeness (QED) is 0.434. The normalized spacial score (nSPS) is 10.8. The summed E-state index contributed by atoms with van der Waals surface area (Å²) >= 11 is 0. The Hall–Kier alpha value is -2.48. The third-order valence-corrected chi connectivity index (χ3v) is 2.87. The van der Waals surface area contributed by atoms with Gasteiger partial charge in [0.2, 0.25) is 0 Å². The van der Waals surface area contributed by atoms with Crippen molar-refractivity contribution in [2.75, 3.05) is 6.61 Å². The molecule has 0 fully saturated rings. The molecule has 0 aliphatic heterocycles. The van der Waals surface area contributed by atoms with Crippen LogP contribution in [-0.4, -0.2) is 25.7 Å². The molecule has 0 aliphatic carbocycles. The lowest BCUT2D eigenvalue weighted by Crippen LogP contribution is -2.39. The van der Waals surface area contributed by atoms with E-state index in [1.54, 1.807) is 14.0 Å². The lowest BCUT2D eigenvalue weighted by Gasteiger charge is -2.10. The van der Waals surface area contributed by atoms with E-state index in [1.807, 2.05) is 0 Å². The van der Waals surface area contributed by atoms with Crippen molar-refractivity contribution in [3.63, 3.8) is 0 Å². The zero-order chi connectivity index (χ0) is 15.4. The van der Waals surface area contributed by atoms with Gasteiger partial charge in [0.05, 0.1) is 6.61 Å². The number of hydrogen-bond acceptors (Lipinski definition) is 6. The Morgan fingerprint density at radius 2 is 2.05 bits per heavy atom. The molecular weight excluding hydrogens is 276 g/mol. The van der Waals surface area contributed by atoms with E-state index in [9.17, 15) is 9.59 Å². The number of aryl methyl sites for hydroxylation is 1. The summed E-state index contributed by atoms with van der Waals surface area (Å²) in [5.41, 5.74) is -0.535. The topological polar surface area (TPSA) is 88.2 Å². The lowest BCUT2D eigenvalue weighted by molar-refractivity contribution is -0.259. The molecule has 2 rings (SSSR count). The molecular formula is C13H16N4O4. The van der Waals surface area contributed by atoms with E-state index in [0.717, 1.165) is 4.57 Å². The molecule has 0 aliphatic rings. The molecule has 2 heterocycles. The molecule has 21 heavy (non-hydrogen) atoms. The second kappa shape index (κ2) is 6.31. The summed E-state index contributed by atoms with van der Waals surface area (Å²) in [6.45, 7) is 5.94. The maximum absolute atomic E-state index is 12.3. The highest BCUT2D eigenvalue weighted by molar-refractivity contribution is 5.67. The van der Waals surface area contributed by atoms with Gasteiger partial charge >= 0.3 is 5.69 Å². The van der Waals surface area contributed by atoms with Crippen LogP contribution in [0, 0.1) is 0 Å². The van der Waals surface area contributed by atoms with Crippen molar-refractivity contribution in [3.8, 4) is 0 Å². The number of hydrogen-bond donors (Lipinski definition) is 0. The molecule has 0 saturated carbocycles. The van der Waals surface area contributed by atoms with Crippen LogP contribution in [-0.2, 0) is 23.4 Å². The van der Waals surface area contributed by atoms with Gasteiger partial charge in [0.15, 0.2) is 11.2 Å². The van der Waals surface area contributed by atoms with E-state index in [4.69, 9.17) is 9.78 Å². The fraction of sp³-hybridized carbons (Fsp3) is 0.385. The van der Waals surface area contributed by atoms with E-state index in [0.29, 0.717) is 12.4 Å². The van der Waals surface area contributed by atoms with Crippen LogP contribution in [0.25, 0.3) is 11.2 Å². The average molecular weight is 292 g/mol. The molecule has 0 radical (unpaired) electrons. The molecule has 8 nitrogen and oxygen atoms in total. The van der Waals surface area contributed by atoms with Gasteiger partial charge in [-0.1, -0.05) is 6.58 Å². The molecule has 0 amide bonds. The first-order valence-electron chi connectivity index (χ1n) is 6.44. The van der Waals surface area contributed by atoms with Crippen molar-refractivity contribution in [1.29, 1.82) is 0 Å². The Bertz CT molecular complexity index is 778. The van der Waals surface area contributed by atoms with Gasteiger partial charge in [-0.3, -0.25) is 13.9 Å². The predicted molar refractivity (Wildman–Crippen MR) is 75.5 cm³/mol. The van der Waals surface area contributed by atoms with Gasteiger partial charge in [0.1, 0.15) is 5.76 Å². The van der Waals surface area contributed by atoms with E-state index < -0.39 is 11.2 Å². The standard InChI is InChI=1S/C13H16N4O4/c1-4-20-21-9(2)5-8-17-12(18)10-11(15-7-6-14-10)16(3)13(17)19/h6-7H,2,4-5,8H2,1,3H3. The Balaban J connectivity index is 2.35. The van der Waals surface area contributed by atoms with Gasteiger partial charge in [-0.2, -0.15) is 4.89 Å². The molecule has 0 aromatic carbocycles. The predicted octanol–water partition coefficient (Wildman–Crippen LogP) is 0.362.